The van der Waals surface area contributed by atoms with E-state index in [0.29, 0.717) is 11.6 Å². The van der Waals surface area contributed by atoms with Crippen LogP contribution in [0.2, 0.25) is 0 Å². The monoisotopic (exact) mass is 486 g/mol. The van der Waals surface area contributed by atoms with Crippen molar-refractivity contribution in [2.24, 2.45) is 5.92 Å². The third-order valence-corrected chi connectivity index (χ3v) is 4.78. The Morgan fingerprint density at radius 3 is 2.20 bits per heavy atom. The van der Waals surface area contributed by atoms with Crippen molar-refractivity contribution in [3.63, 3.8) is 0 Å². The maximum atomic E-state index is 13.6. The number of rotatable bonds is 7. The topological polar surface area (TPSA) is 151 Å². The van der Waals surface area contributed by atoms with Gasteiger partial charge in [-0.1, -0.05) is 31.1 Å². The van der Waals surface area contributed by atoms with E-state index in [1.165, 1.54) is 30.3 Å². The highest BCUT2D eigenvalue weighted by Crippen LogP contribution is 2.22. The number of aliphatic carboxylic acids is 1. The molecule has 182 valence electrons. The molecule has 0 fully saturated rings. The Bertz CT molecular complexity index is 1270. The molecule has 1 atom stereocenters. The van der Waals surface area contributed by atoms with E-state index in [0.717, 1.165) is 12.1 Å². The number of carbonyl (C=O) groups excluding carboxylic acids is 3. The summed E-state index contributed by atoms with van der Waals surface area (Å²) in [4.78, 5) is 47.6. The number of hydrogen-bond donors (Lipinski definition) is 4. The van der Waals surface area contributed by atoms with Crippen molar-refractivity contribution in [1.29, 1.82) is 0 Å². The molecule has 0 radical (unpaired) electrons. The van der Waals surface area contributed by atoms with Crippen molar-refractivity contribution in [1.82, 2.24) is 10.5 Å². The normalized spacial score (nSPS) is 11.6. The van der Waals surface area contributed by atoms with Crippen molar-refractivity contribution < 1.29 is 37.6 Å². The number of halogens is 2. The number of aromatic nitrogens is 1. The lowest BCUT2D eigenvalue weighted by Crippen LogP contribution is -2.44. The molecule has 3 rings (SSSR count). The molecule has 3 aromatic rings. The molecule has 0 bridgehead atoms. The Morgan fingerprint density at radius 1 is 0.943 bits per heavy atom. The fraction of sp³-hybridized carbons (Fsp3) is 0.174. The number of benzene rings is 2. The van der Waals surface area contributed by atoms with Crippen LogP contribution >= 0.6 is 0 Å². The second kappa shape index (κ2) is 10.5. The van der Waals surface area contributed by atoms with Gasteiger partial charge in [0, 0.05) is 23.4 Å². The molecular formula is C23H20F2N4O6. The smallest absolute Gasteiger partial charge is 0.326 e. The average molecular weight is 486 g/mol. The highest BCUT2D eigenvalue weighted by Gasteiger charge is 2.26. The van der Waals surface area contributed by atoms with E-state index in [1.807, 2.05) is 5.32 Å². The van der Waals surface area contributed by atoms with Crippen LogP contribution in [-0.4, -0.2) is 40.0 Å². The van der Waals surface area contributed by atoms with Crippen LogP contribution in [0.15, 0.2) is 53.1 Å². The molecule has 35 heavy (non-hydrogen) atoms. The lowest BCUT2D eigenvalue weighted by molar-refractivity contribution is -0.140. The molecule has 12 heteroatoms. The van der Waals surface area contributed by atoms with Gasteiger partial charge in [-0.2, -0.15) is 0 Å². The van der Waals surface area contributed by atoms with Crippen LogP contribution in [0.3, 0.4) is 0 Å². The van der Waals surface area contributed by atoms with Gasteiger partial charge in [0.05, 0.1) is 5.69 Å². The van der Waals surface area contributed by atoms with Crippen molar-refractivity contribution in [3.05, 3.63) is 65.9 Å². The fourth-order valence-electron chi connectivity index (χ4n) is 2.93. The van der Waals surface area contributed by atoms with Crippen molar-refractivity contribution in [2.75, 3.05) is 10.6 Å². The van der Waals surface area contributed by atoms with Crippen molar-refractivity contribution in [3.8, 4) is 11.3 Å². The van der Waals surface area contributed by atoms with E-state index >= 15 is 0 Å². The summed E-state index contributed by atoms with van der Waals surface area (Å²) in [5, 5.41) is 19.7. The van der Waals surface area contributed by atoms with Gasteiger partial charge in [-0.25, -0.2) is 13.6 Å². The minimum absolute atomic E-state index is 0.186. The largest absolute Gasteiger partial charge is 0.480 e. The van der Waals surface area contributed by atoms with Crippen molar-refractivity contribution >= 4 is 35.1 Å². The third-order valence-electron chi connectivity index (χ3n) is 4.78. The van der Waals surface area contributed by atoms with Crippen LogP contribution in [0, 0.1) is 17.6 Å². The van der Waals surface area contributed by atoms with Gasteiger partial charge >= 0.3 is 17.8 Å². The minimum Gasteiger partial charge on any atom is -0.480 e. The Hall–Kier alpha value is -4.61. The van der Waals surface area contributed by atoms with Gasteiger partial charge in [0.1, 0.15) is 23.4 Å². The Balaban J connectivity index is 1.62. The number of nitrogens with zero attached hydrogens (tertiary/aromatic N) is 1. The number of carboxylic acid groups (broad SMARTS) is 1. The quantitative estimate of drug-likeness (QED) is 0.375. The highest BCUT2D eigenvalue weighted by atomic mass is 19.1. The average Bonchev–Trinajstić information content (AvgIpc) is 3.29. The van der Waals surface area contributed by atoms with Gasteiger partial charge < -0.3 is 25.6 Å². The lowest BCUT2D eigenvalue weighted by atomic mass is 10.0. The molecule has 0 spiro atoms. The maximum absolute atomic E-state index is 13.6. The fourth-order valence-corrected chi connectivity index (χ4v) is 2.93. The number of amides is 3. The molecule has 0 aliphatic rings. The zero-order valence-corrected chi connectivity index (χ0v) is 18.5. The molecule has 10 nitrogen and oxygen atoms in total. The van der Waals surface area contributed by atoms with Crippen LogP contribution in [0.5, 0.6) is 0 Å². The summed E-state index contributed by atoms with van der Waals surface area (Å²) in [5.74, 6) is -6.55. The number of anilines is 2. The molecule has 1 aromatic heterocycles. The highest BCUT2D eigenvalue weighted by molar-refractivity contribution is 6.43. The predicted molar refractivity (Wildman–Crippen MR) is 119 cm³/mol. The maximum Gasteiger partial charge on any atom is 0.326 e. The standard InChI is InChI=1S/C23H20F2N4O6/c1-11(2)19(23(33)34)28-20(30)18-10-17(29-35-18)12-3-6-14(7-4-12)26-21(31)22(32)27-16-8-5-13(24)9-15(16)25/h3-11,19H,1-2H3,(H,26,31)(H,27,32)(H,28,30)(H,33,34). The summed E-state index contributed by atoms with van der Waals surface area (Å²) < 4.78 is 31.6. The number of carbonyl (C=O) groups is 4. The Morgan fingerprint density at radius 2 is 1.60 bits per heavy atom. The van der Waals surface area contributed by atoms with E-state index in [-0.39, 0.29) is 28.7 Å². The molecule has 1 heterocycles. The molecule has 0 saturated carbocycles. The second-order valence-corrected chi connectivity index (χ2v) is 7.72. The first-order valence-electron chi connectivity index (χ1n) is 10.2. The van der Waals surface area contributed by atoms with Gasteiger partial charge in [0.2, 0.25) is 5.76 Å². The molecule has 0 saturated heterocycles. The van der Waals surface area contributed by atoms with Gasteiger partial charge in [-0.3, -0.25) is 14.4 Å². The number of carboxylic acids is 1. The van der Waals surface area contributed by atoms with Crippen LogP contribution in [-0.2, 0) is 14.4 Å². The first kappa shape index (κ1) is 25.0. The van der Waals surface area contributed by atoms with E-state index in [2.05, 4.69) is 15.8 Å². The van der Waals surface area contributed by atoms with E-state index < -0.39 is 41.4 Å². The first-order valence-corrected chi connectivity index (χ1v) is 10.2. The molecule has 4 N–H and O–H groups in total. The zero-order chi connectivity index (χ0) is 25.7. The summed E-state index contributed by atoms with van der Waals surface area (Å²) in [7, 11) is 0. The first-order chi connectivity index (χ1) is 16.5. The van der Waals surface area contributed by atoms with E-state index in [9.17, 15) is 33.1 Å². The van der Waals surface area contributed by atoms with Crippen LogP contribution in [0.4, 0.5) is 20.2 Å². The number of nitrogens with one attached hydrogen (secondary N) is 3. The van der Waals surface area contributed by atoms with Crippen LogP contribution in [0.25, 0.3) is 11.3 Å². The molecule has 2 aromatic carbocycles. The molecular weight excluding hydrogens is 466 g/mol. The summed E-state index contributed by atoms with van der Waals surface area (Å²) >= 11 is 0. The minimum atomic E-state index is -1.18. The van der Waals surface area contributed by atoms with Gasteiger partial charge in [-0.15, -0.1) is 0 Å². The molecule has 0 aliphatic heterocycles. The van der Waals surface area contributed by atoms with Gasteiger partial charge in [0.15, 0.2) is 0 Å². The van der Waals surface area contributed by atoms with Crippen LogP contribution < -0.4 is 16.0 Å². The SMILES string of the molecule is CC(C)C(NC(=O)c1cc(-c2ccc(NC(=O)C(=O)Nc3ccc(F)cc3F)cc2)no1)C(=O)O. The second-order valence-electron chi connectivity index (χ2n) is 7.72. The Labute approximate surface area is 197 Å². The summed E-state index contributed by atoms with van der Waals surface area (Å²) in [6, 6.07) is 8.68. The molecule has 1 unspecified atom stereocenters. The molecule has 3 amide bonds. The summed E-state index contributed by atoms with van der Waals surface area (Å²) in [6.07, 6.45) is 0. The predicted octanol–water partition coefficient (Wildman–Crippen LogP) is 3.04. The van der Waals surface area contributed by atoms with Gasteiger partial charge in [0.25, 0.3) is 5.91 Å². The van der Waals surface area contributed by atoms with E-state index in [1.54, 1.807) is 13.8 Å². The lowest BCUT2D eigenvalue weighted by Gasteiger charge is -2.16. The third kappa shape index (κ3) is 6.25. The summed E-state index contributed by atoms with van der Waals surface area (Å²) in [6.45, 7) is 3.30. The zero-order valence-electron chi connectivity index (χ0n) is 18.5. The van der Waals surface area contributed by atoms with Gasteiger partial charge in [-0.05, 0) is 30.2 Å². The Kier molecular flexibility index (Phi) is 7.54. The van der Waals surface area contributed by atoms with Crippen molar-refractivity contribution in [2.45, 2.75) is 19.9 Å². The van der Waals surface area contributed by atoms with Crippen LogP contribution in [0.1, 0.15) is 24.4 Å². The summed E-state index contributed by atoms with van der Waals surface area (Å²) in [5.41, 5.74) is 0.656. The number of hydrogen-bond acceptors (Lipinski definition) is 6. The van der Waals surface area contributed by atoms with E-state index in [4.69, 9.17) is 4.52 Å². The molecule has 0 aliphatic carbocycles.